The largest absolute Gasteiger partial charge is 0.385 e. The molecule has 0 radical (unpaired) electrons. The lowest BCUT2D eigenvalue weighted by Crippen LogP contribution is -2.45. The number of nitrogens with two attached hydrogens (primary N) is 1. The smallest absolute Gasteiger partial charge is 0.102 e. The second-order valence-corrected chi connectivity index (χ2v) is 5.06. The molecule has 4 heteroatoms. The van der Waals surface area contributed by atoms with Gasteiger partial charge in [-0.3, -0.25) is 0 Å². The first-order chi connectivity index (χ1) is 8.49. The summed E-state index contributed by atoms with van der Waals surface area (Å²) in [7, 11) is 0. The topological polar surface area (TPSA) is 71.1 Å². The number of aryl methyl sites for hydroxylation is 1. The van der Waals surface area contributed by atoms with E-state index in [0.717, 1.165) is 5.69 Å². The van der Waals surface area contributed by atoms with E-state index in [1.165, 1.54) is 5.56 Å². The molecule has 1 aliphatic rings. The zero-order chi connectivity index (χ0) is 13.2. The van der Waals surface area contributed by atoms with Crippen LogP contribution >= 0.6 is 0 Å². The van der Waals surface area contributed by atoms with Gasteiger partial charge in [-0.2, -0.15) is 0 Å². The number of benzene rings is 1. The highest BCUT2D eigenvalue weighted by Gasteiger charge is 2.36. The number of hydrogen-bond acceptors (Lipinski definition) is 4. The molecule has 0 atom stereocenters. The maximum atomic E-state index is 8.00. The Bertz CT molecular complexity index is 472. The normalized spacial score (nSPS) is 18.0. The fourth-order valence-corrected chi connectivity index (χ4v) is 1.73. The van der Waals surface area contributed by atoms with Gasteiger partial charge in [0.2, 0.25) is 0 Å². The lowest BCUT2D eigenvalue weighted by atomic mass is 9.83. The second-order valence-electron chi connectivity index (χ2n) is 5.06. The summed E-state index contributed by atoms with van der Waals surface area (Å²) >= 11 is 0. The monoisotopic (exact) mass is 245 g/mol. The third-order valence-corrected chi connectivity index (χ3v) is 3.13. The van der Waals surface area contributed by atoms with Gasteiger partial charge in [-0.15, -0.1) is 0 Å². The van der Waals surface area contributed by atoms with Crippen LogP contribution in [-0.2, 0) is 4.74 Å². The van der Waals surface area contributed by atoms with Gasteiger partial charge in [0.25, 0.3) is 0 Å². The minimum Gasteiger partial charge on any atom is -0.385 e. The summed E-state index contributed by atoms with van der Waals surface area (Å²) in [6.07, 6.45) is 1.67. The van der Waals surface area contributed by atoms with Crippen molar-refractivity contribution in [2.24, 2.45) is 11.1 Å². The van der Waals surface area contributed by atoms with Gasteiger partial charge in [0.1, 0.15) is 5.82 Å². The minimum absolute atomic E-state index is 0.181. The van der Waals surface area contributed by atoms with E-state index in [4.69, 9.17) is 15.9 Å². The zero-order valence-electron chi connectivity index (χ0n) is 10.8. The molecule has 1 aliphatic heterocycles. The van der Waals surface area contributed by atoms with Crippen molar-refractivity contribution in [1.82, 2.24) is 0 Å². The number of ether oxygens (including phenoxy) is 1. The van der Waals surface area contributed by atoms with Gasteiger partial charge >= 0.3 is 0 Å². The highest BCUT2D eigenvalue weighted by molar-refractivity contribution is 5.98. The molecular formula is C14H19N3O. The van der Waals surface area contributed by atoms with Crippen molar-refractivity contribution < 1.29 is 4.74 Å². The molecule has 0 amide bonds. The van der Waals surface area contributed by atoms with Gasteiger partial charge in [-0.05, 0) is 32.1 Å². The molecule has 4 N–H and O–H groups in total. The van der Waals surface area contributed by atoms with Crippen LogP contribution in [0.25, 0.3) is 0 Å². The fourth-order valence-electron chi connectivity index (χ4n) is 1.73. The van der Waals surface area contributed by atoms with E-state index in [0.29, 0.717) is 24.7 Å². The Balaban J connectivity index is 2.00. The minimum atomic E-state index is -0.181. The van der Waals surface area contributed by atoms with Crippen LogP contribution in [0.15, 0.2) is 36.2 Å². The first kappa shape index (κ1) is 12.6. The number of anilines is 1. The molecule has 1 aromatic rings. The molecule has 0 aromatic heterocycles. The zero-order valence-corrected chi connectivity index (χ0v) is 10.8. The first-order valence-corrected chi connectivity index (χ1v) is 5.97. The van der Waals surface area contributed by atoms with Crippen molar-refractivity contribution in [3.63, 3.8) is 0 Å². The van der Waals surface area contributed by atoms with Crippen molar-refractivity contribution in [2.45, 2.75) is 13.8 Å². The number of allylic oxidation sites excluding steroid dienone is 1. The summed E-state index contributed by atoms with van der Waals surface area (Å²) in [4.78, 5) is 0. The summed E-state index contributed by atoms with van der Waals surface area (Å²) < 4.78 is 5.14. The molecule has 0 bridgehead atoms. The Morgan fingerprint density at radius 1 is 1.39 bits per heavy atom. The number of hydrogen-bond donors (Lipinski definition) is 3. The van der Waals surface area contributed by atoms with Gasteiger partial charge < -0.3 is 21.2 Å². The van der Waals surface area contributed by atoms with E-state index in [1.807, 2.05) is 38.1 Å². The van der Waals surface area contributed by atoms with E-state index >= 15 is 0 Å². The molecule has 2 rings (SSSR count). The summed E-state index contributed by atoms with van der Waals surface area (Å²) in [5.74, 6) is 0.483. The Morgan fingerprint density at radius 3 is 2.50 bits per heavy atom. The van der Waals surface area contributed by atoms with Crippen molar-refractivity contribution in [3.8, 4) is 0 Å². The van der Waals surface area contributed by atoms with Crippen LogP contribution in [-0.4, -0.2) is 18.9 Å². The molecule has 1 saturated heterocycles. The summed E-state index contributed by atoms with van der Waals surface area (Å²) in [5, 5.41) is 11.1. The van der Waals surface area contributed by atoms with E-state index in [-0.39, 0.29) is 5.41 Å². The van der Waals surface area contributed by atoms with E-state index < -0.39 is 0 Å². The van der Waals surface area contributed by atoms with Gasteiger partial charge in [-0.1, -0.05) is 17.7 Å². The average Bonchev–Trinajstić information content (AvgIpc) is 2.29. The maximum Gasteiger partial charge on any atom is 0.102 e. The molecule has 1 fully saturated rings. The van der Waals surface area contributed by atoms with Crippen molar-refractivity contribution in [3.05, 3.63) is 41.7 Å². The van der Waals surface area contributed by atoms with E-state index in [9.17, 15) is 0 Å². The van der Waals surface area contributed by atoms with Crippen molar-refractivity contribution in [2.75, 3.05) is 18.5 Å². The SMILES string of the molecule is Cc1ccc(N/C(N)=C\C(=N)C2(C)COC2)cc1. The second kappa shape index (κ2) is 4.82. The highest BCUT2D eigenvalue weighted by atomic mass is 16.5. The van der Waals surface area contributed by atoms with Crippen LogP contribution in [0, 0.1) is 17.7 Å². The Kier molecular flexibility index (Phi) is 3.39. The molecule has 96 valence electrons. The molecule has 18 heavy (non-hydrogen) atoms. The molecule has 1 aromatic carbocycles. The molecule has 0 saturated carbocycles. The molecular weight excluding hydrogens is 226 g/mol. The average molecular weight is 245 g/mol. The standard InChI is InChI=1S/C14H19N3O/c1-10-3-5-11(6-4-10)17-13(16)7-12(15)14(2)8-18-9-14/h3-7,15,17H,8-9,16H2,1-2H3/b13-7-,15-12?. The fraction of sp³-hybridized carbons (Fsp3) is 0.357. The third kappa shape index (κ3) is 2.71. The van der Waals surface area contributed by atoms with Gasteiger partial charge in [-0.25, -0.2) is 0 Å². The van der Waals surface area contributed by atoms with Crippen LogP contribution in [0.4, 0.5) is 5.69 Å². The Labute approximate surface area is 107 Å². The number of nitrogens with one attached hydrogen (secondary N) is 2. The van der Waals surface area contributed by atoms with Crippen molar-refractivity contribution in [1.29, 1.82) is 5.41 Å². The number of rotatable bonds is 4. The summed E-state index contributed by atoms with van der Waals surface area (Å²) in [6.45, 7) is 5.24. The predicted octanol–water partition coefficient (Wildman–Crippen LogP) is 2.26. The van der Waals surface area contributed by atoms with Gasteiger partial charge in [0.15, 0.2) is 0 Å². The van der Waals surface area contributed by atoms with Crippen LogP contribution in [0.5, 0.6) is 0 Å². The van der Waals surface area contributed by atoms with Crippen LogP contribution in [0.3, 0.4) is 0 Å². The molecule has 0 unspecified atom stereocenters. The molecule has 0 aliphatic carbocycles. The summed E-state index contributed by atoms with van der Waals surface area (Å²) in [5.41, 5.74) is 8.34. The van der Waals surface area contributed by atoms with Crippen LogP contribution in [0.2, 0.25) is 0 Å². The van der Waals surface area contributed by atoms with Gasteiger partial charge in [0.05, 0.1) is 18.6 Å². The molecule has 0 spiro atoms. The lowest BCUT2D eigenvalue weighted by molar-refractivity contribution is -0.0582. The Hall–Kier alpha value is -1.81. The lowest BCUT2D eigenvalue weighted by Gasteiger charge is -2.37. The third-order valence-electron chi connectivity index (χ3n) is 3.13. The highest BCUT2D eigenvalue weighted by Crippen LogP contribution is 2.28. The van der Waals surface area contributed by atoms with Gasteiger partial charge in [0, 0.05) is 11.4 Å². The quantitative estimate of drug-likeness (QED) is 0.712. The predicted molar refractivity (Wildman–Crippen MR) is 73.7 cm³/mol. The van der Waals surface area contributed by atoms with Crippen molar-refractivity contribution >= 4 is 11.4 Å². The summed E-state index contributed by atoms with van der Waals surface area (Å²) in [6, 6.07) is 7.96. The van der Waals surface area contributed by atoms with Crippen LogP contribution < -0.4 is 11.1 Å². The molecule has 1 heterocycles. The maximum absolute atomic E-state index is 8.00. The first-order valence-electron chi connectivity index (χ1n) is 5.97. The molecule has 4 nitrogen and oxygen atoms in total. The van der Waals surface area contributed by atoms with E-state index in [1.54, 1.807) is 6.08 Å². The van der Waals surface area contributed by atoms with Crippen LogP contribution in [0.1, 0.15) is 12.5 Å². The Morgan fingerprint density at radius 2 is 2.00 bits per heavy atom. The van der Waals surface area contributed by atoms with E-state index in [2.05, 4.69) is 5.32 Å².